The van der Waals surface area contributed by atoms with Crippen LogP contribution in [-0.4, -0.2) is 24.5 Å². The number of allylic oxidation sites excluding steroid dienone is 1. The van der Waals surface area contributed by atoms with Gasteiger partial charge < -0.3 is 4.90 Å². The van der Waals surface area contributed by atoms with Crippen molar-refractivity contribution in [2.24, 2.45) is 11.8 Å². The van der Waals surface area contributed by atoms with Gasteiger partial charge in [0.1, 0.15) is 0 Å². The number of hydrogen-bond acceptors (Lipinski definition) is 1. The molecule has 0 aromatic heterocycles. The molecule has 1 heteroatoms. The normalized spacial score (nSPS) is 33.5. The van der Waals surface area contributed by atoms with Crippen LogP contribution in [0.4, 0.5) is 0 Å². The maximum atomic E-state index is 2.57. The highest BCUT2D eigenvalue weighted by molar-refractivity contribution is 5.24. The molecule has 2 aliphatic rings. The SMILES string of the molecule is C.CCCC1=C(CC)CCC2C1CN(C)C2C. The molecule has 0 aromatic rings. The van der Waals surface area contributed by atoms with E-state index in [4.69, 9.17) is 0 Å². The topological polar surface area (TPSA) is 3.24 Å². The highest BCUT2D eigenvalue weighted by Crippen LogP contribution is 2.44. The van der Waals surface area contributed by atoms with Gasteiger partial charge in [-0.2, -0.15) is 0 Å². The Labute approximate surface area is 108 Å². The first-order chi connectivity index (χ1) is 7.69. The van der Waals surface area contributed by atoms with Crippen molar-refractivity contribution in [3.63, 3.8) is 0 Å². The minimum Gasteiger partial charge on any atom is -0.303 e. The number of nitrogens with zero attached hydrogens (tertiary/aromatic N) is 1. The molecule has 1 saturated heterocycles. The number of hydrogen-bond donors (Lipinski definition) is 0. The summed E-state index contributed by atoms with van der Waals surface area (Å²) in [4.78, 5) is 2.57. The van der Waals surface area contributed by atoms with Crippen LogP contribution >= 0.6 is 0 Å². The molecule has 0 radical (unpaired) electrons. The minimum absolute atomic E-state index is 0. The monoisotopic (exact) mass is 237 g/mol. The lowest BCUT2D eigenvalue weighted by molar-refractivity contribution is 0.278. The largest absolute Gasteiger partial charge is 0.303 e. The van der Waals surface area contributed by atoms with E-state index in [0.717, 1.165) is 17.9 Å². The van der Waals surface area contributed by atoms with Crippen LogP contribution in [0.1, 0.15) is 60.3 Å². The minimum atomic E-state index is 0. The molecule has 1 fully saturated rings. The molecular weight excluding hydrogens is 206 g/mol. The Hall–Kier alpha value is -0.300. The van der Waals surface area contributed by atoms with Crippen LogP contribution in [0.2, 0.25) is 0 Å². The molecule has 2 rings (SSSR count). The standard InChI is InChI=1S/C15H27N.CH4/c1-5-7-14-12(6-2)8-9-13-11(3)16(4)10-15(13)14;/h11,13,15H,5-10H2,1-4H3;1H4. The maximum Gasteiger partial charge on any atom is 0.00987 e. The summed E-state index contributed by atoms with van der Waals surface area (Å²) in [6.07, 6.45) is 6.78. The van der Waals surface area contributed by atoms with Crippen molar-refractivity contribution in [2.75, 3.05) is 13.6 Å². The van der Waals surface area contributed by atoms with Crippen LogP contribution in [0.15, 0.2) is 11.1 Å². The Morgan fingerprint density at radius 1 is 1.29 bits per heavy atom. The zero-order valence-corrected chi connectivity index (χ0v) is 11.4. The fourth-order valence-corrected chi connectivity index (χ4v) is 3.88. The predicted octanol–water partition coefficient (Wildman–Crippen LogP) is 4.49. The van der Waals surface area contributed by atoms with Gasteiger partial charge in [0.25, 0.3) is 0 Å². The quantitative estimate of drug-likeness (QED) is 0.654. The first-order valence-electron chi connectivity index (χ1n) is 7.10. The van der Waals surface area contributed by atoms with Gasteiger partial charge in [0.2, 0.25) is 0 Å². The second-order valence-corrected chi connectivity index (χ2v) is 5.72. The molecule has 100 valence electrons. The van der Waals surface area contributed by atoms with E-state index in [1.54, 1.807) is 5.57 Å². The Morgan fingerprint density at radius 3 is 2.59 bits per heavy atom. The molecule has 3 unspecified atom stereocenters. The number of likely N-dealkylation sites (tertiary alicyclic amines) is 1. The van der Waals surface area contributed by atoms with Crippen molar-refractivity contribution in [1.29, 1.82) is 0 Å². The summed E-state index contributed by atoms with van der Waals surface area (Å²) in [5.74, 6) is 1.84. The number of rotatable bonds is 3. The van der Waals surface area contributed by atoms with Gasteiger partial charge >= 0.3 is 0 Å². The van der Waals surface area contributed by atoms with Crippen molar-refractivity contribution < 1.29 is 0 Å². The molecule has 1 aliphatic heterocycles. The third kappa shape index (κ3) is 2.59. The average Bonchev–Trinajstić information content (AvgIpc) is 2.57. The molecule has 0 spiro atoms. The van der Waals surface area contributed by atoms with Gasteiger partial charge in [-0.3, -0.25) is 0 Å². The van der Waals surface area contributed by atoms with E-state index in [1.807, 2.05) is 5.57 Å². The van der Waals surface area contributed by atoms with Crippen LogP contribution in [0.3, 0.4) is 0 Å². The van der Waals surface area contributed by atoms with E-state index in [2.05, 4.69) is 32.7 Å². The maximum absolute atomic E-state index is 2.57. The molecule has 1 nitrogen and oxygen atoms in total. The third-order valence-corrected chi connectivity index (χ3v) is 4.94. The van der Waals surface area contributed by atoms with Gasteiger partial charge in [-0.05, 0) is 51.5 Å². The Bertz CT molecular complexity index is 279. The molecule has 17 heavy (non-hydrogen) atoms. The second kappa shape index (κ2) is 6.04. The fraction of sp³-hybridized carbons (Fsp3) is 0.875. The first-order valence-corrected chi connectivity index (χ1v) is 7.10. The highest BCUT2D eigenvalue weighted by Gasteiger charge is 2.41. The summed E-state index contributed by atoms with van der Waals surface area (Å²) >= 11 is 0. The molecule has 3 atom stereocenters. The average molecular weight is 237 g/mol. The van der Waals surface area contributed by atoms with Crippen molar-refractivity contribution in [3.8, 4) is 0 Å². The molecular formula is C16H31N. The van der Waals surface area contributed by atoms with E-state index in [1.165, 1.54) is 38.6 Å². The molecule has 0 saturated carbocycles. The van der Waals surface area contributed by atoms with Crippen LogP contribution in [0, 0.1) is 11.8 Å². The summed E-state index contributed by atoms with van der Waals surface area (Å²) < 4.78 is 0. The highest BCUT2D eigenvalue weighted by atomic mass is 15.2. The van der Waals surface area contributed by atoms with Crippen molar-refractivity contribution in [3.05, 3.63) is 11.1 Å². The third-order valence-electron chi connectivity index (χ3n) is 4.94. The van der Waals surface area contributed by atoms with E-state index in [-0.39, 0.29) is 7.43 Å². The zero-order chi connectivity index (χ0) is 11.7. The summed E-state index contributed by atoms with van der Waals surface area (Å²) in [6, 6.07) is 0.801. The van der Waals surface area contributed by atoms with Gasteiger partial charge in [-0.15, -0.1) is 0 Å². The molecule has 1 aliphatic carbocycles. The Balaban J connectivity index is 0.00000144. The predicted molar refractivity (Wildman–Crippen MR) is 77.3 cm³/mol. The zero-order valence-electron chi connectivity index (χ0n) is 11.4. The van der Waals surface area contributed by atoms with Gasteiger partial charge in [0.15, 0.2) is 0 Å². The second-order valence-electron chi connectivity index (χ2n) is 5.72. The van der Waals surface area contributed by atoms with Crippen LogP contribution in [0.5, 0.6) is 0 Å². The van der Waals surface area contributed by atoms with Gasteiger partial charge in [0, 0.05) is 12.6 Å². The summed E-state index contributed by atoms with van der Waals surface area (Å²) in [6.45, 7) is 8.40. The van der Waals surface area contributed by atoms with Gasteiger partial charge in [-0.25, -0.2) is 0 Å². The molecule has 0 amide bonds. The molecule has 1 heterocycles. The molecule has 0 N–H and O–H groups in total. The van der Waals surface area contributed by atoms with Gasteiger partial charge in [0.05, 0.1) is 0 Å². The van der Waals surface area contributed by atoms with Crippen molar-refractivity contribution in [1.82, 2.24) is 4.90 Å². The van der Waals surface area contributed by atoms with E-state index in [0.29, 0.717) is 0 Å². The van der Waals surface area contributed by atoms with Crippen molar-refractivity contribution >= 4 is 0 Å². The van der Waals surface area contributed by atoms with E-state index in [9.17, 15) is 0 Å². The van der Waals surface area contributed by atoms with Crippen LogP contribution in [0.25, 0.3) is 0 Å². The Kier molecular flexibility index (Phi) is 5.24. The lowest BCUT2D eigenvalue weighted by Crippen LogP contribution is -2.27. The summed E-state index contributed by atoms with van der Waals surface area (Å²) in [5, 5.41) is 0. The summed E-state index contributed by atoms with van der Waals surface area (Å²) in [5.41, 5.74) is 3.64. The van der Waals surface area contributed by atoms with Gasteiger partial charge in [-0.1, -0.05) is 38.8 Å². The van der Waals surface area contributed by atoms with Crippen LogP contribution < -0.4 is 0 Å². The first kappa shape index (κ1) is 14.8. The smallest absolute Gasteiger partial charge is 0.00987 e. The fourth-order valence-electron chi connectivity index (χ4n) is 3.88. The van der Waals surface area contributed by atoms with E-state index >= 15 is 0 Å². The Morgan fingerprint density at radius 2 is 2.00 bits per heavy atom. The number of fused-ring (bicyclic) bond motifs is 1. The lowest BCUT2D eigenvalue weighted by atomic mass is 9.73. The lowest BCUT2D eigenvalue weighted by Gasteiger charge is -2.32. The molecule has 0 aromatic carbocycles. The van der Waals surface area contributed by atoms with E-state index < -0.39 is 0 Å². The summed E-state index contributed by atoms with van der Waals surface area (Å²) in [7, 11) is 2.30. The van der Waals surface area contributed by atoms with Crippen molar-refractivity contribution in [2.45, 2.75) is 66.3 Å². The van der Waals surface area contributed by atoms with Crippen LogP contribution in [-0.2, 0) is 0 Å². The molecule has 0 bridgehead atoms.